The van der Waals surface area contributed by atoms with Gasteiger partial charge in [0.05, 0.1) is 12.8 Å². The lowest BCUT2D eigenvalue weighted by molar-refractivity contribution is 0.414. The van der Waals surface area contributed by atoms with Gasteiger partial charge in [0.2, 0.25) is 10.0 Å². The van der Waals surface area contributed by atoms with Crippen LogP contribution in [-0.4, -0.2) is 15.5 Å². The molecule has 5 nitrogen and oxygen atoms in total. The highest BCUT2D eigenvalue weighted by atomic mass is 79.9. The van der Waals surface area contributed by atoms with E-state index in [-0.39, 0.29) is 17.1 Å². The third-order valence-electron chi connectivity index (χ3n) is 2.92. The molecule has 0 radical (unpaired) electrons. The molecule has 0 spiro atoms. The van der Waals surface area contributed by atoms with E-state index in [0.29, 0.717) is 5.75 Å². The Labute approximate surface area is 132 Å². The van der Waals surface area contributed by atoms with Gasteiger partial charge in [0.25, 0.3) is 0 Å². The Balaban J connectivity index is 2.21. The van der Waals surface area contributed by atoms with Crippen LogP contribution in [0.4, 0.5) is 5.69 Å². The molecule has 112 valence electrons. The normalized spacial score (nSPS) is 11.3. The van der Waals surface area contributed by atoms with Gasteiger partial charge in [-0.2, -0.15) is 0 Å². The van der Waals surface area contributed by atoms with Gasteiger partial charge in [-0.15, -0.1) is 0 Å². The third-order valence-corrected chi connectivity index (χ3v) is 5.17. The molecule has 3 N–H and O–H groups in total. The number of rotatable bonds is 5. The number of anilines is 1. The zero-order valence-corrected chi connectivity index (χ0v) is 13.7. The fraction of sp³-hybridized carbons (Fsp3) is 0.143. The molecule has 0 saturated carbocycles. The first kappa shape index (κ1) is 15.8. The summed E-state index contributed by atoms with van der Waals surface area (Å²) >= 11 is 3.38. The Kier molecular flexibility index (Phi) is 4.87. The number of nitrogen functional groups attached to an aromatic ring is 1. The van der Waals surface area contributed by atoms with E-state index in [1.807, 2.05) is 24.3 Å². The fourth-order valence-electron chi connectivity index (χ4n) is 1.79. The summed E-state index contributed by atoms with van der Waals surface area (Å²) in [5.74, 6) is 0.511. The highest BCUT2D eigenvalue weighted by Gasteiger charge is 2.18. The zero-order chi connectivity index (χ0) is 15.5. The number of hydrogen-bond donors (Lipinski definition) is 2. The quantitative estimate of drug-likeness (QED) is 0.792. The van der Waals surface area contributed by atoms with Crippen molar-refractivity contribution < 1.29 is 13.2 Å². The van der Waals surface area contributed by atoms with E-state index in [1.165, 1.54) is 19.2 Å². The van der Waals surface area contributed by atoms with Gasteiger partial charge in [-0.3, -0.25) is 0 Å². The monoisotopic (exact) mass is 370 g/mol. The second kappa shape index (κ2) is 6.46. The number of sulfonamides is 1. The predicted molar refractivity (Wildman–Crippen MR) is 85.6 cm³/mol. The minimum atomic E-state index is -3.68. The highest BCUT2D eigenvalue weighted by Crippen LogP contribution is 2.24. The Morgan fingerprint density at radius 1 is 1.24 bits per heavy atom. The number of ether oxygens (including phenoxy) is 1. The van der Waals surface area contributed by atoms with Crippen molar-refractivity contribution in [1.29, 1.82) is 0 Å². The molecule has 0 amide bonds. The summed E-state index contributed by atoms with van der Waals surface area (Å²) < 4.78 is 33.0. The van der Waals surface area contributed by atoms with Crippen LogP contribution in [0.25, 0.3) is 0 Å². The average molecular weight is 371 g/mol. The molecule has 2 aromatic carbocycles. The van der Waals surface area contributed by atoms with Crippen molar-refractivity contribution in [1.82, 2.24) is 4.72 Å². The molecule has 0 atom stereocenters. The van der Waals surface area contributed by atoms with Gasteiger partial charge in [-0.1, -0.05) is 34.1 Å². The summed E-state index contributed by atoms with van der Waals surface area (Å²) in [4.78, 5) is 0.0374. The van der Waals surface area contributed by atoms with E-state index < -0.39 is 10.0 Å². The lowest BCUT2D eigenvalue weighted by Crippen LogP contribution is -2.24. The molecule has 21 heavy (non-hydrogen) atoms. The summed E-state index contributed by atoms with van der Waals surface area (Å²) in [7, 11) is -2.19. The van der Waals surface area contributed by atoms with Crippen LogP contribution < -0.4 is 15.2 Å². The molecular formula is C14H15BrN2O3S. The number of nitrogens with one attached hydrogen (secondary N) is 1. The van der Waals surface area contributed by atoms with Gasteiger partial charge in [0, 0.05) is 17.1 Å². The molecule has 2 rings (SSSR count). The van der Waals surface area contributed by atoms with Gasteiger partial charge in [0.15, 0.2) is 0 Å². The Hall–Kier alpha value is -1.57. The van der Waals surface area contributed by atoms with Crippen molar-refractivity contribution in [3.8, 4) is 5.75 Å². The van der Waals surface area contributed by atoms with Crippen molar-refractivity contribution in [2.45, 2.75) is 11.4 Å². The summed E-state index contributed by atoms with van der Waals surface area (Å²) in [6.45, 7) is 0.176. The minimum Gasteiger partial charge on any atom is -0.497 e. The fourth-order valence-corrected chi connectivity index (χ4v) is 3.33. The molecule has 0 unspecified atom stereocenters. The lowest BCUT2D eigenvalue weighted by Gasteiger charge is -2.11. The van der Waals surface area contributed by atoms with Crippen LogP contribution >= 0.6 is 15.9 Å². The molecular weight excluding hydrogens is 356 g/mol. The molecule has 0 aromatic heterocycles. The first-order chi connectivity index (χ1) is 9.94. The van der Waals surface area contributed by atoms with E-state index in [9.17, 15) is 8.42 Å². The largest absolute Gasteiger partial charge is 0.497 e. The minimum absolute atomic E-state index is 0.0374. The molecule has 0 aliphatic rings. The standard InChI is InChI=1S/C14H15BrN2O3S/c1-20-11-6-7-14(13(16)8-11)21(18,19)17-9-10-4-2-3-5-12(10)15/h2-8,17H,9,16H2,1H3. The molecule has 0 aliphatic carbocycles. The van der Waals surface area contributed by atoms with Gasteiger partial charge < -0.3 is 10.5 Å². The van der Waals surface area contributed by atoms with Gasteiger partial charge in [-0.05, 0) is 23.8 Å². The highest BCUT2D eigenvalue weighted by molar-refractivity contribution is 9.10. The first-order valence-corrected chi connectivity index (χ1v) is 8.38. The van der Waals surface area contributed by atoms with Gasteiger partial charge >= 0.3 is 0 Å². The maximum atomic E-state index is 12.3. The van der Waals surface area contributed by atoms with Crippen molar-refractivity contribution in [2.24, 2.45) is 0 Å². The maximum Gasteiger partial charge on any atom is 0.242 e. The average Bonchev–Trinajstić information content (AvgIpc) is 2.46. The topological polar surface area (TPSA) is 81.4 Å². The van der Waals surface area contributed by atoms with Crippen LogP contribution in [-0.2, 0) is 16.6 Å². The maximum absolute atomic E-state index is 12.3. The third kappa shape index (κ3) is 3.75. The number of nitrogens with two attached hydrogens (primary N) is 1. The van der Waals surface area contributed by atoms with E-state index in [4.69, 9.17) is 10.5 Å². The summed E-state index contributed by atoms with van der Waals surface area (Å²) in [5, 5.41) is 0. The van der Waals surface area contributed by atoms with Crippen LogP contribution in [0.5, 0.6) is 5.75 Å². The van der Waals surface area contributed by atoms with E-state index in [0.717, 1.165) is 10.0 Å². The van der Waals surface area contributed by atoms with Crippen LogP contribution in [0.1, 0.15) is 5.56 Å². The van der Waals surface area contributed by atoms with Crippen molar-refractivity contribution in [3.05, 3.63) is 52.5 Å². The van der Waals surface area contributed by atoms with Crippen LogP contribution in [0.15, 0.2) is 51.8 Å². The molecule has 0 aliphatic heterocycles. The number of benzene rings is 2. The van der Waals surface area contributed by atoms with Gasteiger partial charge in [0.1, 0.15) is 10.6 Å². The molecule has 0 fully saturated rings. The summed E-state index contributed by atoms with van der Waals surface area (Å²) in [5.41, 5.74) is 6.76. The Morgan fingerprint density at radius 3 is 2.57 bits per heavy atom. The van der Waals surface area contributed by atoms with Gasteiger partial charge in [-0.25, -0.2) is 13.1 Å². The van der Waals surface area contributed by atoms with Crippen LogP contribution in [0.2, 0.25) is 0 Å². The zero-order valence-electron chi connectivity index (χ0n) is 11.3. The van der Waals surface area contributed by atoms with E-state index in [1.54, 1.807) is 6.07 Å². The van der Waals surface area contributed by atoms with E-state index in [2.05, 4.69) is 20.7 Å². The van der Waals surface area contributed by atoms with Crippen molar-refractivity contribution in [3.63, 3.8) is 0 Å². The second-order valence-electron chi connectivity index (χ2n) is 4.32. The Bertz CT molecular complexity index is 748. The Morgan fingerprint density at radius 2 is 1.95 bits per heavy atom. The lowest BCUT2D eigenvalue weighted by atomic mass is 10.2. The van der Waals surface area contributed by atoms with Crippen LogP contribution in [0, 0.1) is 0 Å². The number of halogens is 1. The summed E-state index contributed by atoms with van der Waals surface area (Å²) in [6, 6.07) is 11.9. The molecule has 2 aromatic rings. The smallest absolute Gasteiger partial charge is 0.242 e. The predicted octanol–water partition coefficient (Wildman–Crippen LogP) is 2.52. The molecule has 0 heterocycles. The second-order valence-corrected chi connectivity index (χ2v) is 6.91. The number of hydrogen-bond acceptors (Lipinski definition) is 4. The summed E-state index contributed by atoms with van der Waals surface area (Å²) in [6.07, 6.45) is 0. The SMILES string of the molecule is COc1ccc(S(=O)(=O)NCc2ccccc2Br)c(N)c1. The molecule has 0 bridgehead atoms. The van der Waals surface area contributed by atoms with Crippen LogP contribution in [0.3, 0.4) is 0 Å². The van der Waals surface area contributed by atoms with E-state index >= 15 is 0 Å². The first-order valence-electron chi connectivity index (χ1n) is 6.10. The number of methoxy groups -OCH3 is 1. The molecule has 7 heteroatoms. The molecule has 0 saturated heterocycles. The van der Waals surface area contributed by atoms with Crippen molar-refractivity contribution >= 4 is 31.6 Å². The van der Waals surface area contributed by atoms with Crippen molar-refractivity contribution in [2.75, 3.05) is 12.8 Å².